The topological polar surface area (TPSA) is 138 Å². The second-order valence-electron chi connectivity index (χ2n) is 20.5. The Kier molecular flexibility index (Phi) is 13.0. The van der Waals surface area contributed by atoms with Crippen LogP contribution in [-0.4, -0.2) is 97.4 Å². The Bertz CT molecular complexity index is 3310. The minimum Gasteiger partial charge on any atom is -0.508 e. The van der Waals surface area contributed by atoms with E-state index in [2.05, 4.69) is 40.1 Å². The highest BCUT2D eigenvalue weighted by molar-refractivity contribution is 6.11. The maximum absolute atomic E-state index is 15.9. The van der Waals surface area contributed by atoms with E-state index in [0.29, 0.717) is 88.6 Å². The van der Waals surface area contributed by atoms with Gasteiger partial charge in [-0.25, -0.2) is 0 Å². The van der Waals surface area contributed by atoms with Crippen molar-refractivity contribution >= 4 is 33.6 Å². The van der Waals surface area contributed by atoms with Gasteiger partial charge in [-0.05, 0) is 153 Å². The van der Waals surface area contributed by atoms with Gasteiger partial charge in [0.2, 0.25) is 5.91 Å². The number of hydrogen-bond donors (Lipinski definition) is 1. The molecular weight excluding hydrogens is 903 g/mol. The van der Waals surface area contributed by atoms with Gasteiger partial charge in [0.05, 0.1) is 34.8 Å². The molecule has 2 amide bonds. The van der Waals surface area contributed by atoms with Gasteiger partial charge in [-0.3, -0.25) is 19.0 Å². The van der Waals surface area contributed by atoms with Gasteiger partial charge in [0.15, 0.2) is 0 Å². The van der Waals surface area contributed by atoms with Crippen molar-refractivity contribution in [2.24, 2.45) is 20.0 Å². The fourth-order valence-electron chi connectivity index (χ4n) is 12.0. The number of phenols is 1. The summed E-state index contributed by atoms with van der Waals surface area (Å²) in [5.74, 6) is 1.45. The number of nitrogens with zero attached hydrogens (tertiary/aromatic N) is 7. The maximum Gasteiger partial charge on any atom is 0.265 e. The summed E-state index contributed by atoms with van der Waals surface area (Å²) >= 11 is 0. The number of hydrogen-bond acceptors (Lipinski definition) is 8. The average Bonchev–Trinajstić information content (AvgIpc) is 3.88. The Morgan fingerprint density at radius 3 is 2.33 bits per heavy atom. The lowest BCUT2D eigenvalue weighted by molar-refractivity contribution is -0.131. The smallest absolute Gasteiger partial charge is 0.265 e. The molecule has 0 unspecified atom stereocenters. The minimum absolute atomic E-state index is 0.0223. The van der Waals surface area contributed by atoms with E-state index >= 15 is 9.59 Å². The van der Waals surface area contributed by atoms with Crippen molar-refractivity contribution in [2.45, 2.75) is 83.8 Å². The van der Waals surface area contributed by atoms with Crippen molar-refractivity contribution < 1.29 is 24.2 Å². The lowest BCUT2D eigenvalue weighted by atomic mass is 9.89. The number of benzene rings is 4. The summed E-state index contributed by atoms with van der Waals surface area (Å²) in [5.41, 5.74) is 9.87. The van der Waals surface area contributed by atoms with E-state index in [0.717, 1.165) is 105 Å². The van der Waals surface area contributed by atoms with Crippen LogP contribution in [0.25, 0.3) is 38.8 Å². The number of fused-ring (bicyclic) bond motifs is 5. The van der Waals surface area contributed by atoms with Crippen LogP contribution in [0, 0.1) is 24.2 Å². The highest BCUT2D eigenvalue weighted by atomic mass is 16.5. The molecule has 0 bridgehead atoms. The minimum atomic E-state index is -0.273. The largest absolute Gasteiger partial charge is 0.508 e. The zero-order chi connectivity index (χ0) is 49.6. The summed E-state index contributed by atoms with van der Waals surface area (Å²) in [4.78, 5) is 51.5. The first kappa shape index (κ1) is 47.2. The van der Waals surface area contributed by atoms with Crippen molar-refractivity contribution in [2.75, 3.05) is 46.0 Å². The summed E-state index contributed by atoms with van der Waals surface area (Å²) < 4.78 is 17.0. The highest BCUT2D eigenvalue weighted by Gasteiger charge is 2.35. The van der Waals surface area contributed by atoms with Crippen molar-refractivity contribution in [3.05, 3.63) is 146 Å². The van der Waals surface area contributed by atoms with Crippen LogP contribution in [0.4, 0.5) is 0 Å². The lowest BCUT2D eigenvalue weighted by Crippen LogP contribution is -2.51. The number of rotatable bonds is 11. The highest BCUT2D eigenvalue weighted by Crippen LogP contribution is 2.40. The quantitative estimate of drug-likeness (QED) is 0.136. The second-order valence-corrected chi connectivity index (χ2v) is 20.5. The van der Waals surface area contributed by atoms with Crippen molar-refractivity contribution in [1.82, 2.24) is 28.4 Å². The predicted octanol–water partition coefficient (Wildman–Crippen LogP) is 8.75. The Labute approximate surface area is 420 Å². The molecule has 11 rings (SSSR count). The normalized spacial score (nSPS) is 17.5. The molecule has 1 atom stereocenters. The molecule has 13 nitrogen and oxygen atoms in total. The zero-order valence-electron chi connectivity index (χ0n) is 41.7. The van der Waals surface area contributed by atoms with Gasteiger partial charge in [-0.2, -0.15) is 5.26 Å². The van der Waals surface area contributed by atoms with E-state index < -0.39 is 0 Å². The molecule has 2 fully saturated rings. The van der Waals surface area contributed by atoms with Gasteiger partial charge < -0.3 is 38.4 Å². The molecular formula is C59H63N7O6. The Morgan fingerprint density at radius 1 is 0.833 bits per heavy atom. The summed E-state index contributed by atoms with van der Waals surface area (Å²) in [5, 5.41) is 22.0. The number of aromatic hydroxyl groups is 1. The number of phenolic OH excluding ortho intramolecular Hbond substituents is 1. The molecule has 72 heavy (non-hydrogen) atoms. The van der Waals surface area contributed by atoms with E-state index in [1.807, 2.05) is 77.5 Å². The number of pyridine rings is 1. The SMILES string of the molecule is Cc1c2c(c(C#N)n1C)c1c(cc(-c3cc4c(cc3C(=O)N3Cc5ccccc5C[C@H]3CN3CCCCC3)CN(C(=O)Cc3ccc(OCCC5CCOCC5)cc3)CC4)n1C)c(=O)n2-c1ccc(O)cc1. The first-order chi connectivity index (χ1) is 35.0. The number of piperidine rings is 1. The van der Waals surface area contributed by atoms with Crippen molar-refractivity contribution in [3.8, 4) is 34.5 Å². The Morgan fingerprint density at radius 2 is 1.58 bits per heavy atom. The van der Waals surface area contributed by atoms with Crippen LogP contribution in [0.3, 0.4) is 0 Å². The predicted molar refractivity (Wildman–Crippen MR) is 279 cm³/mol. The van der Waals surface area contributed by atoms with Crippen LogP contribution < -0.4 is 10.3 Å². The molecule has 3 aromatic heterocycles. The first-order valence-corrected chi connectivity index (χ1v) is 25.8. The third kappa shape index (κ3) is 8.85. The van der Waals surface area contributed by atoms with Gasteiger partial charge in [-0.1, -0.05) is 42.8 Å². The van der Waals surface area contributed by atoms with Crippen LogP contribution in [0.5, 0.6) is 11.5 Å². The zero-order valence-corrected chi connectivity index (χ0v) is 41.7. The van der Waals surface area contributed by atoms with Gasteiger partial charge in [0, 0.05) is 87.7 Å². The summed E-state index contributed by atoms with van der Waals surface area (Å²) in [6, 6.07) is 31.2. The summed E-state index contributed by atoms with van der Waals surface area (Å²) in [6.45, 7) is 8.37. The fourth-order valence-corrected chi connectivity index (χ4v) is 12.0. The van der Waals surface area contributed by atoms with E-state index in [4.69, 9.17) is 9.47 Å². The molecule has 4 aliphatic heterocycles. The first-order valence-electron chi connectivity index (χ1n) is 25.8. The number of amides is 2. The molecule has 0 radical (unpaired) electrons. The molecule has 4 aliphatic rings. The molecule has 370 valence electrons. The fraction of sp³-hybridized carbons (Fsp3) is 0.390. The van der Waals surface area contributed by atoms with Crippen LogP contribution in [0.15, 0.2) is 95.8 Å². The third-order valence-electron chi connectivity index (χ3n) is 16.2. The number of likely N-dealkylation sites (tertiary alicyclic amines) is 1. The number of ether oxygens (including phenoxy) is 2. The molecule has 13 heteroatoms. The molecule has 2 saturated heterocycles. The van der Waals surface area contributed by atoms with Crippen LogP contribution in [0.1, 0.15) is 88.1 Å². The number of carbonyl (C=O) groups is 2. The second kappa shape index (κ2) is 19.8. The summed E-state index contributed by atoms with van der Waals surface area (Å²) in [6.07, 6.45) is 8.28. The van der Waals surface area contributed by atoms with Gasteiger partial charge in [0.1, 0.15) is 23.3 Å². The van der Waals surface area contributed by atoms with Gasteiger partial charge in [-0.15, -0.1) is 0 Å². The van der Waals surface area contributed by atoms with Crippen LogP contribution in [-0.2, 0) is 56.0 Å². The lowest BCUT2D eigenvalue weighted by Gasteiger charge is -2.41. The Hall–Kier alpha value is -7.14. The molecule has 0 spiro atoms. The monoisotopic (exact) mass is 965 g/mol. The van der Waals surface area contributed by atoms with Gasteiger partial charge >= 0.3 is 0 Å². The molecule has 1 N–H and O–H groups in total. The van der Waals surface area contributed by atoms with Crippen LogP contribution in [0.2, 0.25) is 0 Å². The number of aromatic nitrogens is 3. The number of aryl methyl sites for hydroxylation is 2. The van der Waals surface area contributed by atoms with Crippen molar-refractivity contribution in [1.29, 1.82) is 5.26 Å². The van der Waals surface area contributed by atoms with E-state index in [1.165, 1.54) is 12.0 Å². The summed E-state index contributed by atoms with van der Waals surface area (Å²) in [7, 11) is 3.75. The van der Waals surface area contributed by atoms with Gasteiger partial charge in [0.25, 0.3) is 11.5 Å². The van der Waals surface area contributed by atoms with E-state index in [9.17, 15) is 15.2 Å². The van der Waals surface area contributed by atoms with Crippen molar-refractivity contribution in [3.63, 3.8) is 0 Å². The number of carbonyl (C=O) groups excluding carboxylic acids is 2. The Balaban J connectivity index is 0.980. The molecule has 0 saturated carbocycles. The van der Waals surface area contributed by atoms with E-state index in [1.54, 1.807) is 28.8 Å². The molecule has 7 aromatic rings. The van der Waals surface area contributed by atoms with Crippen LogP contribution >= 0.6 is 0 Å². The number of nitriles is 1. The molecule has 0 aliphatic carbocycles. The third-order valence-corrected chi connectivity index (χ3v) is 16.2. The van der Waals surface area contributed by atoms with E-state index in [-0.39, 0.29) is 35.6 Å². The average molecular weight is 966 g/mol. The molecule has 4 aromatic carbocycles. The standard InChI is InChI=1S/C59H63N7O6/c1-38-56-55(53(34-60)61(38)2)57-51(59(70)66(56)45-13-15-47(67)16-14-45)33-52(62(57)3)49-31-42-19-25-64(54(68)29-40-11-17-48(18-12-40)72-28-22-39-20-26-71-27-21-39)35-44(42)32-50(49)58(69)65-36-43-10-6-5-9-41(43)30-46(65)37-63-23-7-4-8-24-63/h5-6,9-18,31-33,39,46,67H,4,7-8,19-30,35-37H2,1-3H3/t46-/m0/s1. The molecule has 7 heterocycles. The maximum atomic E-state index is 15.9.